The summed E-state index contributed by atoms with van der Waals surface area (Å²) in [5.41, 5.74) is 5.54. The average Bonchev–Trinajstić information content (AvgIpc) is 3.18. The van der Waals surface area contributed by atoms with E-state index in [4.69, 9.17) is 11.6 Å². The van der Waals surface area contributed by atoms with E-state index in [0.29, 0.717) is 17.1 Å². The summed E-state index contributed by atoms with van der Waals surface area (Å²) in [5, 5.41) is 20.8. The summed E-state index contributed by atoms with van der Waals surface area (Å²) in [4.78, 5) is 18.2. The number of carbonyl (C=O) groups excluding carboxylic acids is 1. The van der Waals surface area contributed by atoms with Gasteiger partial charge >= 0.3 is 0 Å². The van der Waals surface area contributed by atoms with Crippen LogP contribution in [-0.2, 0) is 4.79 Å². The van der Waals surface area contributed by atoms with E-state index in [1.807, 2.05) is 19.9 Å². The lowest BCUT2D eigenvalue weighted by Crippen LogP contribution is -2.46. The molecule has 7 nitrogen and oxygen atoms in total. The molecule has 3 heterocycles. The van der Waals surface area contributed by atoms with E-state index in [-0.39, 0.29) is 5.91 Å². The molecule has 2 aliphatic heterocycles. The van der Waals surface area contributed by atoms with E-state index in [2.05, 4.69) is 25.8 Å². The topological polar surface area (TPSA) is 92.4 Å². The predicted octanol–water partition coefficient (Wildman–Crippen LogP) is 2.26. The maximum absolute atomic E-state index is 12.5. The van der Waals surface area contributed by atoms with E-state index in [9.17, 15) is 9.90 Å². The third-order valence-electron chi connectivity index (χ3n) is 5.84. The third kappa shape index (κ3) is 4.31. The molecule has 1 aromatic carbocycles. The number of anilines is 1. The predicted molar refractivity (Wildman–Crippen MR) is 120 cm³/mol. The second-order valence-corrected chi connectivity index (χ2v) is 8.29. The molecule has 0 spiro atoms. The van der Waals surface area contributed by atoms with Crippen molar-refractivity contribution in [2.24, 2.45) is 0 Å². The maximum atomic E-state index is 12.5. The average molecular weight is 430 g/mol. The van der Waals surface area contributed by atoms with E-state index < -0.39 is 6.23 Å². The molecule has 2 aromatic rings. The van der Waals surface area contributed by atoms with Crippen molar-refractivity contribution in [1.82, 2.24) is 20.5 Å². The fourth-order valence-corrected chi connectivity index (χ4v) is 4.36. The highest BCUT2D eigenvalue weighted by molar-refractivity contribution is 6.36. The number of halogens is 1. The van der Waals surface area contributed by atoms with Crippen LogP contribution in [0, 0.1) is 13.8 Å². The molecule has 0 bridgehead atoms. The normalized spacial score (nSPS) is 19.2. The van der Waals surface area contributed by atoms with E-state index in [0.717, 1.165) is 66.5 Å². The molecule has 8 heteroatoms. The van der Waals surface area contributed by atoms with Crippen LogP contribution in [0.1, 0.15) is 34.3 Å². The number of fused-ring (bicyclic) bond motifs is 1. The lowest BCUT2D eigenvalue weighted by molar-refractivity contribution is -0.110. The Morgan fingerprint density at radius 3 is 2.83 bits per heavy atom. The van der Waals surface area contributed by atoms with Crippen LogP contribution in [0.25, 0.3) is 11.6 Å². The van der Waals surface area contributed by atoms with Crippen molar-refractivity contribution >= 4 is 34.8 Å². The Morgan fingerprint density at radius 1 is 1.30 bits per heavy atom. The number of nitrogens with one attached hydrogen (secondary N) is 4. The molecule has 0 aliphatic carbocycles. The molecule has 1 saturated heterocycles. The number of rotatable bonds is 6. The molecule has 1 fully saturated rings. The van der Waals surface area contributed by atoms with Gasteiger partial charge < -0.3 is 20.7 Å². The number of piperazine rings is 1. The van der Waals surface area contributed by atoms with Gasteiger partial charge in [0.2, 0.25) is 0 Å². The van der Waals surface area contributed by atoms with Gasteiger partial charge in [-0.3, -0.25) is 15.0 Å². The molecule has 4 rings (SSSR count). The number of aliphatic hydroxyl groups is 1. The first-order chi connectivity index (χ1) is 14.4. The van der Waals surface area contributed by atoms with E-state index >= 15 is 0 Å². The van der Waals surface area contributed by atoms with Crippen LogP contribution in [0.15, 0.2) is 18.2 Å². The van der Waals surface area contributed by atoms with Gasteiger partial charge in [0.15, 0.2) is 0 Å². The first-order valence-corrected chi connectivity index (χ1v) is 10.7. The number of hydrogen-bond acceptors (Lipinski definition) is 5. The number of nitrogens with zero attached hydrogens (tertiary/aromatic N) is 1. The molecule has 2 aliphatic rings. The van der Waals surface area contributed by atoms with Crippen LogP contribution in [0.5, 0.6) is 0 Å². The van der Waals surface area contributed by atoms with Crippen molar-refractivity contribution in [3.05, 3.63) is 51.3 Å². The largest absolute Gasteiger partial charge is 0.374 e. The van der Waals surface area contributed by atoms with Crippen LogP contribution in [-0.4, -0.2) is 60.2 Å². The lowest BCUT2D eigenvalue weighted by Gasteiger charge is -2.27. The summed E-state index contributed by atoms with van der Waals surface area (Å²) in [5.74, 6) is -0.157. The minimum atomic E-state index is -0.768. The zero-order valence-corrected chi connectivity index (χ0v) is 18.1. The standard InChI is InChI=1S/C22H28ClN5O2/c1-13-19(12-17-16-11-15(23)3-4-18(16)27-21(17)29)26-14(2)20(13)22(30)25-7-10-28-8-5-24-6-9-28/h3-4,11-12,22,24-26,30H,5-10H2,1-2H3,(H,27,29). The molecule has 30 heavy (non-hydrogen) atoms. The van der Waals surface area contributed by atoms with Crippen LogP contribution < -0.4 is 16.0 Å². The van der Waals surface area contributed by atoms with Gasteiger partial charge in [0, 0.05) is 72.5 Å². The second-order valence-electron chi connectivity index (χ2n) is 7.85. The first kappa shape index (κ1) is 21.1. The number of hydrogen-bond donors (Lipinski definition) is 5. The molecular formula is C22H28ClN5O2. The summed E-state index contributed by atoms with van der Waals surface area (Å²) in [6, 6.07) is 5.36. The van der Waals surface area contributed by atoms with Gasteiger partial charge in [0.1, 0.15) is 6.23 Å². The quantitative estimate of drug-likeness (QED) is 0.359. The summed E-state index contributed by atoms with van der Waals surface area (Å²) < 4.78 is 0. The van der Waals surface area contributed by atoms with Crippen LogP contribution in [0.3, 0.4) is 0 Å². The Morgan fingerprint density at radius 2 is 2.07 bits per heavy atom. The maximum Gasteiger partial charge on any atom is 0.256 e. The number of aromatic amines is 1. The van der Waals surface area contributed by atoms with Crippen molar-refractivity contribution in [2.75, 3.05) is 44.6 Å². The molecule has 1 atom stereocenters. The lowest BCUT2D eigenvalue weighted by atomic mass is 10.0. The smallest absolute Gasteiger partial charge is 0.256 e. The highest BCUT2D eigenvalue weighted by Gasteiger charge is 2.26. The molecule has 5 N–H and O–H groups in total. The summed E-state index contributed by atoms with van der Waals surface area (Å²) in [6.45, 7) is 9.59. The van der Waals surface area contributed by atoms with Crippen molar-refractivity contribution < 1.29 is 9.90 Å². The number of aromatic nitrogens is 1. The highest BCUT2D eigenvalue weighted by atomic mass is 35.5. The minimum Gasteiger partial charge on any atom is -0.374 e. The van der Waals surface area contributed by atoms with Crippen molar-refractivity contribution in [3.8, 4) is 0 Å². The molecule has 0 radical (unpaired) electrons. The summed E-state index contributed by atoms with van der Waals surface area (Å²) in [6.07, 6.45) is 1.06. The van der Waals surface area contributed by atoms with Gasteiger partial charge in [-0.25, -0.2) is 0 Å². The van der Waals surface area contributed by atoms with Gasteiger partial charge in [0.05, 0.1) is 5.57 Å². The number of amides is 1. The molecular weight excluding hydrogens is 402 g/mol. The van der Waals surface area contributed by atoms with Gasteiger partial charge in [-0.2, -0.15) is 0 Å². The fourth-order valence-electron chi connectivity index (χ4n) is 4.19. The third-order valence-corrected chi connectivity index (χ3v) is 6.07. The molecule has 1 amide bonds. The Hall–Kier alpha value is -2.16. The van der Waals surface area contributed by atoms with Crippen molar-refractivity contribution in [2.45, 2.75) is 20.1 Å². The molecule has 160 valence electrons. The Labute approximate surface area is 181 Å². The number of H-pyrrole nitrogens is 1. The van der Waals surface area contributed by atoms with Crippen molar-refractivity contribution in [3.63, 3.8) is 0 Å². The molecule has 1 aromatic heterocycles. The number of carbonyl (C=O) groups is 1. The van der Waals surface area contributed by atoms with Gasteiger partial charge in [0.25, 0.3) is 5.91 Å². The van der Waals surface area contributed by atoms with Gasteiger partial charge in [-0.05, 0) is 43.7 Å². The SMILES string of the molecule is Cc1[nH]c(C=C2C(=O)Nc3ccc(Cl)cc32)c(C)c1C(O)NCCN1CCNCC1. The Bertz CT molecular complexity index is 978. The van der Waals surface area contributed by atoms with Gasteiger partial charge in [-0.15, -0.1) is 0 Å². The van der Waals surface area contributed by atoms with Crippen molar-refractivity contribution in [1.29, 1.82) is 0 Å². The zero-order chi connectivity index (χ0) is 21.3. The minimum absolute atomic E-state index is 0.157. The molecule has 1 unspecified atom stereocenters. The Kier molecular flexibility index (Phi) is 6.26. The van der Waals surface area contributed by atoms with Crippen LogP contribution >= 0.6 is 11.6 Å². The second kappa shape index (κ2) is 8.91. The van der Waals surface area contributed by atoms with Crippen LogP contribution in [0.2, 0.25) is 5.02 Å². The summed E-state index contributed by atoms with van der Waals surface area (Å²) in [7, 11) is 0. The molecule has 0 saturated carbocycles. The highest BCUT2D eigenvalue weighted by Crippen LogP contribution is 2.36. The fraction of sp³-hybridized carbons (Fsp3) is 0.409. The van der Waals surface area contributed by atoms with E-state index in [1.165, 1.54) is 0 Å². The number of aryl methyl sites for hydroxylation is 1. The number of benzene rings is 1. The first-order valence-electron chi connectivity index (χ1n) is 10.3. The summed E-state index contributed by atoms with van der Waals surface area (Å²) >= 11 is 6.12. The van der Waals surface area contributed by atoms with E-state index in [1.54, 1.807) is 18.2 Å². The number of aliphatic hydroxyl groups excluding tert-OH is 1. The Balaban J connectivity index is 1.50. The van der Waals surface area contributed by atoms with Gasteiger partial charge in [-0.1, -0.05) is 11.6 Å². The zero-order valence-electron chi connectivity index (χ0n) is 17.3. The monoisotopic (exact) mass is 429 g/mol. The van der Waals surface area contributed by atoms with Crippen LogP contribution in [0.4, 0.5) is 5.69 Å².